The monoisotopic (exact) mass is 485 g/mol. The third kappa shape index (κ3) is 4.66. The van der Waals surface area contributed by atoms with Crippen molar-refractivity contribution in [3.05, 3.63) is 48.7 Å². The van der Waals surface area contributed by atoms with Crippen LogP contribution >= 0.6 is 0 Å². The fourth-order valence-electron chi connectivity index (χ4n) is 5.16. The quantitative estimate of drug-likeness (QED) is 0.445. The Morgan fingerprint density at radius 2 is 1.94 bits per heavy atom. The van der Waals surface area contributed by atoms with Crippen LogP contribution in [-0.2, 0) is 4.79 Å². The highest BCUT2D eigenvalue weighted by Crippen LogP contribution is 2.69. The van der Waals surface area contributed by atoms with E-state index in [1.165, 1.54) is 11.8 Å². The van der Waals surface area contributed by atoms with Crippen LogP contribution in [-0.4, -0.2) is 73.5 Å². The summed E-state index contributed by atoms with van der Waals surface area (Å²) in [5, 5.41) is 34.1. The summed E-state index contributed by atoms with van der Waals surface area (Å²) in [6, 6.07) is 12.4. The van der Waals surface area contributed by atoms with Gasteiger partial charge < -0.3 is 30.3 Å². The van der Waals surface area contributed by atoms with Crippen molar-refractivity contribution >= 4 is 17.6 Å². The number of carboxylic acid groups (broad SMARTS) is 1. The van der Waals surface area contributed by atoms with Crippen LogP contribution < -0.4 is 10.1 Å². The molecule has 3 aliphatic carbocycles. The molecule has 2 aromatic rings. The van der Waals surface area contributed by atoms with Gasteiger partial charge in [-0.2, -0.15) is 0 Å². The van der Waals surface area contributed by atoms with Crippen LogP contribution in [0.1, 0.15) is 26.2 Å². The lowest BCUT2D eigenvalue weighted by atomic mass is 9.42. The SMILES string of the molecule is C[C@@H](CN1C(O)N=C(Nc2ccc(Oc3ccccn3)cc2)N(CC23CC(F)(C2)C3)C1O)C(=O)O. The third-order valence-corrected chi connectivity index (χ3v) is 6.84. The summed E-state index contributed by atoms with van der Waals surface area (Å²) in [6.45, 7) is 1.72. The number of aliphatic hydroxyl groups is 2. The standard InChI is InChI=1S/C24H28FN5O5/c1-15(19(31)32)10-29-21(33)28-20(30(22(29)34)14-23-11-24(25,12-23)13-23)27-16-5-7-17(8-6-16)35-18-4-2-3-9-26-18/h2-9,15,21-22,33-34H,10-14H2,1H3,(H,27,28)(H,31,32)/t15-,21?,22?,23?,24?/m0/s1. The first-order valence-electron chi connectivity index (χ1n) is 11.5. The second-order valence-electron chi connectivity index (χ2n) is 9.81. The first kappa shape index (κ1) is 23.5. The van der Waals surface area contributed by atoms with Crippen LogP contribution in [0.4, 0.5) is 10.1 Å². The highest BCUT2D eigenvalue weighted by Gasteiger charge is 2.69. The van der Waals surface area contributed by atoms with E-state index in [0.29, 0.717) is 43.1 Å². The molecule has 0 radical (unpaired) electrons. The van der Waals surface area contributed by atoms with Crippen LogP contribution in [0.15, 0.2) is 53.7 Å². The van der Waals surface area contributed by atoms with Gasteiger partial charge in [-0.25, -0.2) is 19.3 Å². The Kier molecular flexibility index (Phi) is 5.86. The molecule has 0 saturated heterocycles. The molecular weight excluding hydrogens is 457 g/mol. The van der Waals surface area contributed by atoms with Gasteiger partial charge in [0.15, 0.2) is 6.35 Å². The number of hydrogen-bond acceptors (Lipinski definition) is 9. The molecule has 2 heterocycles. The molecule has 11 heteroatoms. The van der Waals surface area contributed by atoms with Crippen molar-refractivity contribution < 1.29 is 29.2 Å². The molecule has 0 spiro atoms. The number of alkyl halides is 1. The zero-order valence-electron chi connectivity index (χ0n) is 19.2. The molecule has 35 heavy (non-hydrogen) atoms. The Bertz CT molecular complexity index is 1100. The van der Waals surface area contributed by atoms with E-state index in [-0.39, 0.29) is 17.9 Å². The van der Waals surface area contributed by atoms with Crippen molar-refractivity contribution in [3.8, 4) is 11.6 Å². The van der Waals surface area contributed by atoms with Gasteiger partial charge in [-0.3, -0.25) is 4.79 Å². The predicted molar refractivity (Wildman–Crippen MR) is 124 cm³/mol. The zero-order chi connectivity index (χ0) is 24.8. The van der Waals surface area contributed by atoms with Crippen LogP contribution in [0.2, 0.25) is 0 Å². The molecule has 186 valence electrons. The number of carboxylic acids is 1. The number of aliphatic hydroxyl groups excluding tert-OH is 2. The molecule has 4 N–H and O–H groups in total. The fraction of sp³-hybridized carbons (Fsp3) is 0.458. The minimum Gasteiger partial charge on any atom is -0.481 e. The number of hydrogen-bond donors (Lipinski definition) is 4. The van der Waals surface area contributed by atoms with Gasteiger partial charge in [0, 0.05) is 31.0 Å². The maximum absolute atomic E-state index is 14.1. The lowest BCUT2D eigenvalue weighted by Crippen LogP contribution is -2.71. The number of rotatable bonds is 8. The molecule has 1 aromatic heterocycles. The second kappa shape index (κ2) is 8.74. The fourth-order valence-corrected chi connectivity index (χ4v) is 5.16. The highest BCUT2D eigenvalue weighted by atomic mass is 19.1. The number of aromatic nitrogens is 1. The van der Waals surface area contributed by atoms with E-state index in [0.717, 1.165) is 0 Å². The van der Waals surface area contributed by atoms with E-state index in [1.807, 2.05) is 6.07 Å². The van der Waals surface area contributed by atoms with Crippen LogP contribution in [0.3, 0.4) is 0 Å². The number of aliphatic carboxylic acids is 1. The van der Waals surface area contributed by atoms with Crippen molar-refractivity contribution in [2.24, 2.45) is 16.3 Å². The second-order valence-corrected chi connectivity index (χ2v) is 9.81. The van der Waals surface area contributed by atoms with Gasteiger partial charge in [0.1, 0.15) is 11.4 Å². The van der Waals surface area contributed by atoms with E-state index in [9.17, 15) is 24.5 Å². The Morgan fingerprint density at radius 1 is 1.23 bits per heavy atom. The van der Waals surface area contributed by atoms with Gasteiger partial charge >= 0.3 is 5.97 Å². The summed E-state index contributed by atoms with van der Waals surface area (Å²) >= 11 is 0. The predicted octanol–water partition coefficient (Wildman–Crippen LogP) is 2.42. The number of nitrogens with zero attached hydrogens (tertiary/aromatic N) is 4. The maximum Gasteiger partial charge on any atom is 0.307 e. The van der Waals surface area contributed by atoms with E-state index < -0.39 is 30.3 Å². The van der Waals surface area contributed by atoms with Gasteiger partial charge in [-0.1, -0.05) is 13.0 Å². The number of ether oxygens (including phenoxy) is 1. The Labute approximate surface area is 201 Å². The maximum atomic E-state index is 14.1. The van der Waals surface area contributed by atoms with E-state index in [2.05, 4.69) is 15.3 Å². The minimum absolute atomic E-state index is 0.107. The van der Waals surface area contributed by atoms with E-state index in [4.69, 9.17) is 4.74 Å². The molecule has 2 unspecified atom stereocenters. The highest BCUT2D eigenvalue weighted by molar-refractivity contribution is 5.94. The molecule has 4 aliphatic rings. The number of halogens is 1. The van der Waals surface area contributed by atoms with Crippen molar-refractivity contribution in [1.29, 1.82) is 0 Å². The number of nitrogens with one attached hydrogen (secondary N) is 1. The number of aliphatic imine (C=N–C) groups is 1. The summed E-state index contributed by atoms with van der Waals surface area (Å²) in [6.07, 6.45) is 0.119. The minimum atomic E-state index is -1.45. The van der Waals surface area contributed by atoms with Crippen molar-refractivity contribution in [2.75, 3.05) is 18.4 Å². The summed E-state index contributed by atoms with van der Waals surface area (Å²) in [5.41, 5.74) is -0.731. The molecular formula is C24H28FN5O5. The van der Waals surface area contributed by atoms with E-state index >= 15 is 0 Å². The summed E-state index contributed by atoms with van der Waals surface area (Å²) in [4.78, 5) is 22.5. The Balaban J connectivity index is 1.33. The van der Waals surface area contributed by atoms with E-state index in [1.54, 1.807) is 47.5 Å². The van der Waals surface area contributed by atoms with Gasteiger partial charge in [-0.05, 0) is 55.0 Å². The van der Waals surface area contributed by atoms with Gasteiger partial charge in [0.2, 0.25) is 18.2 Å². The Morgan fingerprint density at radius 3 is 2.54 bits per heavy atom. The largest absolute Gasteiger partial charge is 0.481 e. The van der Waals surface area contributed by atoms with Crippen molar-refractivity contribution in [1.82, 2.24) is 14.8 Å². The molecule has 1 aromatic carbocycles. The normalized spacial score (nSPS) is 30.5. The number of carbonyl (C=O) groups is 1. The summed E-state index contributed by atoms with van der Waals surface area (Å²) in [7, 11) is 0. The smallest absolute Gasteiger partial charge is 0.307 e. The van der Waals surface area contributed by atoms with Crippen molar-refractivity contribution in [3.63, 3.8) is 0 Å². The molecule has 3 fully saturated rings. The molecule has 6 rings (SSSR count). The molecule has 2 bridgehead atoms. The zero-order valence-corrected chi connectivity index (χ0v) is 19.2. The third-order valence-electron chi connectivity index (χ3n) is 6.84. The molecule has 3 atom stereocenters. The van der Waals surface area contributed by atoms with Crippen LogP contribution in [0.5, 0.6) is 11.6 Å². The van der Waals surface area contributed by atoms with Gasteiger partial charge in [-0.15, -0.1) is 0 Å². The summed E-state index contributed by atoms with van der Waals surface area (Å²) < 4.78 is 19.8. The van der Waals surface area contributed by atoms with Crippen LogP contribution in [0, 0.1) is 11.3 Å². The topological polar surface area (TPSA) is 131 Å². The number of benzene rings is 1. The first-order valence-corrected chi connectivity index (χ1v) is 11.5. The first-order chi connectivity index (χ1) is 16.7. The number of pyridine rings is 1. The average Bonchev–Trinajstić information content (AvgIpc) is 2.79. The molecule has 3 saturated carbocycles. The Hall–Kier alpha value is -3.28. The number of guanidine groups is 1. The molecule has 1 aliphatic heterocycles. The number of anilines is 1. The van der Waals surface area contributed by atoms with Gasteiger partial charge in [0.05, 0.1) is 5.92 Å². The lowest BCUT2D eigenvalue weighted by molar-refractivity contribution is -0.240. The van der Waals surface area contributed by atoms with Crippen LogP contribution in [0.25, 0.3) is 0 Å². The van der Waals surface area contributed by atoms with Crippen molar-refractivity contribution in [2.45, 2.75) is 44.6 Å². The van der Waals surface area contributed by atoms with Gasteiger partial charge in [0.25, 0.3) is 0 Å². The lowest BCUT2D eigenvalue weighted by Gasteiger charge is -2.67. The molecule has 0 amide bonds. The summed E-state index contributed by atoms with van der Waals surface area (Å²) in [5.74, 6) is -0.618. The molecule has 10 nitrogen and oxygen atoms in total. The average molecular weight is 486 g/mol.